The number of nitrogens with one attached hydrogen (secondary N) is 2. The second-order valence-electron chi connectivity index (χ2n) is 4.80. The van der Waals surface area contributed by atoms with Gasteiger partial charge < -0.3 is 20.2 Å². The summed E-state index contributed by atoms with van der Waals surface area (Å²) in [5, 5.41) is 19.8. The summed E-state index contributed by atoms with van der Waals surface area (Å²) in [5.74, 6) is -2.03. The second-order valence-corrected chi connectivity index (χ2v) is 4.80. The molecule has 0 amide bonds. The number of benzene rings is 1. The predicted octanol–water partition coefficient (Wildman–Crippen LogP) is 2.66. The zero-order valence-corrected chi connectivity index (χ0v) is 10.9. The Kier molecular flexibility index (Phi) is 2.37. The SMILES string of the molecule is Cc1c(C(=O)O)[nH]c2cc3[nH]c(C(=O)O)cc3c(C)c12. The molecule has 0 spiro atoms. The summed E-state index contributed by atoms with van der Waals surface area (Å²) in [5.41, 5.74) is 3.16. The topological polar surface area (TPSA) is 106 Å². The lowest BCUT2D eigenvalue weighted by atomic mass is 10.0. The number of rotatable bonds is 2. The average molecular weight is 272 g/mol. The molecule has 2 heterocycles. The van der Waals surface area contributed by atoms with Crippen molar-refractivity contribution < 1.29 is 19.8 Å². The third-order valence-electron chi connectivity index (χ3n) is 3.64. The molecule has 0 aliphatic rings. The molecule has 0 aliphatic carbocycles. The number of carbonyl (C=O) groups is 2. The van der Waals surface area contributed by atoms with E-state index in [2.05, 4.69) is 9.97 Å². The molecule has 3 aromatic rings. The van der Waals surface area contributed by atoms with Crippen LogP contribution in [0.2, 0.25) is 0 Å². The minimum absolute atomic E-state index is 0.117. The van der Waals surface area contributed by atoms with Crippen LogP contribution in [-0.2, 0) is 0 Å². The molecule has 0 saturated carbocycles. The van der Waals surface area contributed by atoms with Gasteiger partial charge in [-0.15, -0.1) is 0 Å². The molecule has 6 nitrogen and oxygen atoms in total. The summed E-state index contributed by atoms with van der Waals surface area (Å²) in [6.07, 6.45) is 0. The van der Waals surface area contributed by atoms with Crippen LogP contribution in [0.25, 0.3) is 21.8 Å². The predicted molar refractivity (Wildman–Crippen MR) is 73.5 cm³/mol. The maximum atomic E-state index is 11.2. The van der Waals surface area contributed by atoms with E-state index in [9.17, 15) is 9.59 Å². The second kappa shape index (κ2) is 3.86. The Morgan fingerprint density at radius 3 is 2.25 bits per heavy atom. The fourth-order valence-corrected chi connectivity index (χ4v) is 2.71. The van der Waals surface area contributed by atoms with E-state index in [4.69, 9.17) is 10.2 Å². The van der Waals surface area contributed by atoms with Crippen molar-refractivity contribution in [1.82, 2.24) is 9.97 Å². The van der Waals surface area contributed by atoms with Crippen molar-refractivity contribution in [2.24, 2.45) is 0 Å². The molecule has 102 valence electrons. The monoisotopic (exact) mass is 272 g/mol. The molecule has 4 N–H and O–H groups in total. The van der Waals surface area contributed by atoms with E-state index in [-0.39, 0.29) is 11.4 Å². The molecule has 0 atom stereocenters. The lowest BCUT2D eigenvalue weighted by molar-refractivity contribution is 0.0680. The Morgan fingerprint density at radius 1 is 0.950 bits per heavy atom. The smallest absolute Gasteiger partial charge is 0.352 e. The summed E-state index contributed by atoms with van der Waals surface area (Å²) in [7, 11) is 0. The highest BCUT2D eigenvalue weighted by molar-refractivity contribution is 6.07. The molecule has 0 fully saturated rings. The van der Waals surface area contributed by atoms with Gasteiger partial charge in [0, 0.05) is 21.8 Å². The Bertz CT molecular complexity index is 886. The normalized spacial score (nSPS) is 11.3. The number of aromatic amines is 2. The van der Waals surface area contributed by atoms with Crippen LogP contribution in [0, 0.1) is 13.8 Å². The van der Waals surface area contributed by atoms with Crippen molar-refractivity contribution in [3.8, 4) is 0 Å². The number of carboxylic acids is 2. The van der Waals surface area contributed by atoms with Gasteiger partial charge in [-0.3, -0.25) is 0 Å². The summed E-state index contributed by atoms with van der Waals surface area (Å²) >= 11 is 0. The molecule has 0 bridgehead atoms. The van der Waals surface area contributed by atoms with Gasteiger partial charge in [0.25, 0.3) is 0 Å². The average Bonchev–Trinajstić information content (AvgIpc) is 2.92. The molecular weight excluding hydrogens is 260 g/mol. The number of aryl methyl sites for hydroxylation is 2. The highest BCUT2D eigenvalue weighted by Crippen LogP contribution is 2.32. The molecule has 0 saturated heterocycles. The van der Waals surface area contributed by atoms with Gasteiger partial charge in [0.2, 0.25) is 0 Å². The molecule has 0 radical (unpaired) electrons. The molecule has 0 aliphatic heterocycles. The first-order valence-corrected chi connectivity index (χ1v) is 6.01. The first-order chi connectivity index (χ1) is 9.40. The van der Waals surface area contributed by atoms with E-state index in [0.717, 1.165) is 16.3 Å². The van der Waals surface area contributed by atoms with E-state index in [1.807, 2.05) is 6.92 Å². The number of carboxylic acid groups (broad SMARTS) is 2. The van der Waals surface area contributed by atoms with E-state index in [0.29, 0.717) is 16.6 Å². The standard InChI is InChI=1S/C14H12N2O4/c1-5-7-3-10(13(17)18)15-8(7)4-9-11(5)6(2)12(16-9)14(19)20/h3-4,15-16H,1-2H3,(H,17,18)(H,19,20). The molecular formula is C14H12N2O4. The van der Waals surface area contributed by atoms with Gasteiger partial charge in [-0.2, -0.15) is 0 Å². The van der Waals surface area contributed by atoms with Crippen molar-refractivity contribution in [1.29, 1.82) is 0 Å². The van der Waals surface area contributed by atoms with Crippen molar-refractivity contribution in [3.63, 3.8) is 0 Å². The van der Waals surface area contributed by atoms with Crippen molar-refractivity contribution in [2.45, 2.75) is 13.8 Å². The van der Waals surface area contributed by atoms with Crippen LogP contribution in [0.4, 0.5) is 0 Å². The Hall–Kier alpha value is -2.76. The van der Waals surface area contributed by atoms with E-state index in [1.165, 1.54) is 0 Å². The molecule has 2 aromatic heterocycles. The highest BCUT2D eigenvalue weighted by Gasteiger charge is 2.18. The lowest BCUT2D eigenvalue weighted by Gasteiger charge is -2.00. The van der Waals surface area contributed by atoms with Crippen LogP contribution in [-0.4, -0.2) is 32.1 Å². The van der Waals surface area contributed by atoms with Gasteiger partial charge in [0.15, 0.2) is 0 Å². The molecule has 3 rings (SSSR count). The Balaban J connectivity index is 2.43. The lowest BCUT2D eigenvalue weighted by Crippen LogP contribution is -1.98. The largest absolute Gasteiger partial charge is 0.477 e. The van der Waals surface area contributed by atoms with E-state index >= 15 is 0 Å². The molecule has 6 heteroatoms. The third kappa shape index (κ3) is 1.51. The van der Waals surface area contributed by atoms with Gasteiger partial charge in [0.05, 0.1) is 0 Å². The van der Waals surface area contributed by atoms with Gasteiger partial charge in [-0.1, -0.05) is 0 Å². The first-order valence-electron chi connectivity index (χ1n) is 6.01. The number of aromatic nitrogens is 2. The Morgan fingerprint density at radius 2 is 1.65 bits per heavy atom. The number of hydrogen-bond donors (Lipinski definition) is 4. The van der Waals surface area contributed by atoms with Gasteiger partial charge in [-0.25, -0.2) is 9.59 Å². The quantitative estimate of drug-likeness (QED) is 0.575. The van der Waals surface area contributed by atoms with Crippen LogP contribution in [0.15, 0.2) is 12.1 Å². The summed E-state index contributed by atoms with van der Waals surface area (Å²) in [4.78, 5) is 27.9. The van der Waals surface area contributed by atoms with Crippen LogP contribution < -0.4 is 0 Å². The minimum Gasteiger partial charge on any atom is -0.477 e. The van der Waals surface area contributed by atoms with Gasteiger partial charge in [0.1, 0.15) is 11.4 Å². The van der Waals surface area contributed by atoms with Crippen LogP contribution >= 0.6 is 0 Å². The van der Waals surface area contributed by atoms with Crippen LogP contribution in [0.3, 0.4) is 0 Å². The van der Waals surface area contributed by atoms with Crippen LogP contribution in [0.5, 0.6) is 0 Å². The van der Waals surface area contributed by atoms with E-state index in [1.54, 1.807) is 19.1 Å². The number of fused-ring (bicyclic) bond motifs is 2. The molecule has 1 aromatic carbocycles. The fourth-order valence-electron chi connectivity index (χ4n) is 2.71. The molecule has 20 heavy (non-hydrogen) atoms. The van der Waals surface area contributed by atoms with Crippen molar-refractivity contribution in [2.75, 3.05) is 0 Å². The minimum atomic E-state index is -1.02. The fraction of sp³-hybridized carbons (Fsp3) is 0.143. The number of aromatic carboxylic acids is 2. The maximum absolute atomic E-state index is 11.2. The zero-order valence-electron chi connectivity index (χ0n) is 10.9. The highest BCUT2D eigenvalue weighted by atomic mass is 16.4. The van der Waals surface area contributed by atoms with Crippen molar-refractivity contribution in [3.05, 3.63) is 34.6 Å². The molecule has 0 unspecified atom stereocenters. The Labute approximate surface area is 113 Å². The van der Waals surface area contributed by atoms with Gasteiger partial charge >= 0.3 is 11.9 Å². The summed E-state index contributed by atoms with van der Waals surface area (Å²) in [6, 6.07) is 3.31. The van der Waals surface area contributed by atoms with Crippen LogP contribution in [0.1, 0.15) is 32.1 Å². The summed E-state index contributed by atoms with van der Waals surface area (Å²) < 4.78 is 0. The summed E-state index contributed by atoms with van der Waals surface area (Å²) in [6.45, 7) is 3.60. The van der Waals surface area contributed by atoms with Crippen molar-refractivity contribution >= 4 is 33.7 Å². The number of H-pyrrole nitrogens is 2. The zero-order chi connectivity index (χ0) is 14.6. The van der Waals surface area contributed by atoms with E-state index < -0.39 is 11.9 Å². The maximum Gasteiger partial charge on any atom is 0.352 e. The number of hydrogen-bond acceptors (Lipinski definition) is 2. The third-order valence-corrected chi connectivity index (χ3v) is 3.64. The first kappa shape index (κ1) is 12.3. The van der Waals surface area contributed by atoms with Gasteiger partial charge in [-0.05, 0) is 37.1 Å².